The molecule has 3 aliphatic carbocycles. The number of hydrogen-bond acceptors (Lipinski definition) is 0. The highest BCUT2D eigenvalue weighted by molar-refractivity contribution is 5.11. The van der Waals surface area contributed by atoms with Crippen LogP contribution in [0.4, 0.5) is 0 Å². The van der Waals surface area contributed by atoms with Crippen molar-refractivity contribution in [2.24, 2.45) is 17.8 Å². The number of hydrogen-bond donors (Lipinski definition) is 0. The average Bonchev–Trinajstić information content (AvgIpc) is 2.65. The predicted molar refractivity (Wildman–Crippen MR) is 55.3 cm³/mol. The lowest BCUT2D eigenvalue weighted by molar-refractivity contribution is 0.165. The summed E-state index contributed by atoms with van der Waals surface area (Å²) in [5.74, 6) is 5.32. The van der Waals surface area contributed by atoms with Gasteiger partial charge in [-0.25, -0.2) is 0 Å². The Bertz CT molecular complexity index is 184. The maximum absolute atomic E-state index is 2.02. The molecule has 0 bridgehead atoms. The predicted octanol–water partition coefficient (Wildman–Crippen LogP) is 3.96. The molecule has 13 heavy (non-hydrogen) atoms. The van der Waals surface area contributed by atoms with Gasteiger partial charge in [-0.3, -0.25) is 0 Å². The van der Waals surface area contributed by atoms with Crippen LogP contribution in [0.1, 0.15) is 57.8 Å². The van der Waals surface area contributed by atoms with Crippen LogP contribution in [0, 0.1) is 23.7 Å². The van der Waals surface area contributed by atoms with E-state index in [9.17, 15) is 0 Å². The highest BCUT2D eigenvalue weighted by Crippen LogP contribution is 2.53. The van der Waals surface area contributed by atoms with Crippen LogP contribution >= 0.6 is 0 Å². The number of fused-ring (bicyclic) bond motifs is 3. The first-order valence-corrected chi connectivity index (χ1v) is 6.31. The van der Waals surface area contributed by atoms with Gasteiger partial charge in [0.25, 0.3) is 0 Å². The van der Waals surface area contributed by atoms with E-state index in [1.54, 1.807) is 32.1 Å². The van der Waals surface area contributed by atoms with Gasteiger partial charge < -0.3 is 0 Å². The normalized spacial score (nSPS) is 45.7. The smallest absolute Gasteiger partial charge is 0.0176 e. The van der Waals surface area contributed by atoms with Crippen LogP contribution in [0.3, 0.4) is 0 Å². The molecule has 0 aromatic heterocycles. The van der Waals surface area contributed by atoms with E-state index in [0.29, 0.717) is 0 Å². The quantitative estimate of drug-likeness (QED) is 0.525. The molecule has 3 rings (SSSR count). The standard InChI is InChI=1S/C13H21/c1-2-6-12-10(4-1)8-9-11-5-3-7-13(11)12/h10-12H,1-9H2. The van der Waals surface area contributed by atoms with E-state index in [-0.39, 0.29) is 0 Å². The molecule has 0 nitrogen and oxygen atoms in total. The lowest BCUT2D eigenvalue weighted by Crippen LogP contribution is -2.32. The summed E-state index contributed by atoms with van der Waals surface area (Å²) in [7, 11) is 0. The third kappa shape index (κ3) is 1.33. The molecule has 0 heteroatoms. The Kier molecular flexibility index (Phi) is 2.11. The molecular weight excluding hydrogens is 156 g/mol. The second kappa shape index (κ2) is 3.29. The third-order valence-corrected chi connectivity index (χ3v) is 4.81. The Morgan fingerprint density at radius 1 is 0.769 bits per heavy atom. The van der Waals surface area contributed by atoms with Crippen LogP contribution in [-0.2, 0) is 0 Å². The van der Waals surface area contributed by atoms with Gasteiger partial charge in [0.1, 0.15) is 0 Å². The minimum absolute atomic E-state index is 1.08. The molecule has 0 N–H and O–H groups in total. The van der Waals surface area contributed by atoms with Gasteiger partial charge in [0.05, 0.1) is 0 Å². The summed E-state index contributed by atoms with van der Waals surface area (Å²) in [6, 6.07) is 0. The molecule has 3 fully saturated rings. The monoisotopic (exact) mass is 177 g/mol. The summed E-state index contributed by atoms with van der Waals surface area (Å²) in [5.41, 5.74) is 0. The summed E-state index contributed by atoms with van der Waals surface area (Å²) in [6.45, 7) is 0. The van der Waals surface area contributed by atoms with Crippen molar-refractivity contribution in [3.8, 4) is 0 Å². The molecule has 0 aromatic rings. The topological polar surface area (TPSA) is 0 Å². The molecule has 1 radical (unpaired) electrons. The summed E-state index contributed by atoms with van der Waals surface area (Å²) in [5, 5.41) is 0. The van der Waals surface area contributed by atoms with Crippen molar-refractivity contribution in [1.29, 1.82) is 0 Å². The third-order valence-electron chi connectivity index (χ3n) is 4.81. The summed E-state index contributed by atoms with van der Waals surface area (Å²) >= 11 is 0. The van der Waals surface area contributed by atoms with E-state index in [1.165, 1.54) is 25.7 Å². The SMILES string of the molecule is C1C[C]2C(C1)CCC1CCCCC21. The van der Waals surface area contributed by atoms with Crippen molar-refractivity contribution in [3.63, 3.8) is 0 Å². The Hall–Kier alpha value is 0. The molecule has 0 saturated heterocycles. The number of rotatable bonds is 0. The van der Waals surface area contributed by atoms with Gasteiger partial charge in [-0.05, 0) is 55.8 Å². The summed E-state index contributed by atoms with van der Waals surface area (Å²) < 4.78 is 0. The van der Waals surface area contributed by atoms with Crippen molar-refractivity contribution >= 4 is 0 Å². The molecule has 0 aliphatic heterocycles. The molecule has 3 atom stereocenters. The zero-order chi connectivity index (χ0) is 8.67. The summed E-state index contributed by atoms with van der Waals surface area (Å²) in [6.07, 6.45) is 13.8. The van der Waals surface area contributed by atoms with Crippen molar-refractivity contribution < 1.29 is 0 Å². The van der Waals surface area contributed by atoms with Crippen LogP contribution in [0.5, 0.6) is 0 Å². The molecule has 0 heterocycles. The molecule has 0 amide bonds. The van der Waals surface area contributed by atoms with E-state index in [1.807, 2.05) is 5.92 Å². The van der Waals surface area contributed by atoms with Crippen LogP contribution in [-0.4, -0.2) is 0 Å². The highest BCUT2D eigenvalue weighted by atomic mass is 14.5. The van der Waals surface area contributed by atoms with E-state index >= 15 is 0 Å². The van der Waals surface area contributed by atoms with Crippen LogP contribution in [0.2, 0.25) is 0 Å². The second-order valence-corrected chi connectivity index (χ2v) is 5.39. The molecule has 73 valence electrons. The van der Waals surface area contributed by atoms with Crippen molar-refractivity contribution in [2.75, 3.05) is 0 Å². The lowest BCUT2D eigenvalue weighted by atomic mass is 9.62. The van der Waals surface area contributed by atoms with Crippen molar-refractivity contribution in [2.45, 2.75) is 57.8 Å². The summed E-state index contributed by atoms with van der Waals surface area (Å²) in [4.78, 5) is 0. The van der Waals surface area contributed by atoms with Gasteiger partial charge in [-0.2, -0.15) is 0 Å². The molecule has 0 aromatic carbocycles. The van der Waals surface area contributed by atoms with Gasteiger partial charge in [-0.1, -0.05) is 25.7 Å². The van der Waals surface area contributed by atoms with Crippen molar-refractivity contribution in [3.05, 3.63) is 5.92 Å². The first-order chi connectivity index (χ1) is 6.45. The maximum atomic E-state index is 2.02. The Balaban J connectivity index is 1.77. The largest absolute Gasteiger partial charge is 0.0530 e. The second-order valence-electron chi connectivity index (χ2n) is 5.39. The minimum atomic E-state index is 1.08. The van der Waals surface area contributed by atoms with Gasteiger partial charge in [0.15, 0.2) is 0 Å². The fourth-order valence-electron chi connectivity index (χ4n) is 4.22. The Labute approximate surface area is 82.1 Å². The maximum Gasteiger partial charge on any atom is -0.0176 e. The zero-order valence-corrected chi connectivity index (χ0v) is 8.60. The molecule has 3 unspecified atom stereocenters. The van der Waals surface area contributed by atoms with Gasteiger partial charge >= 0.3 is 0 Å². The average molecular weight is 177 g/mol. The fourth-order valence-corrected chi connectivity index (χ4v) is 4.22. The molecule has 3 saturated carbocycles. The van der Waals surface area contributed by atoms with Gasteiger partial charge in [0.2, 0.25) is 0 Å². The Morgan fingerprint density at radius 2 is 1.69 bits per heavy atom. The Morgan fingerprint density at radius 3 is 2.69 bits per heavy atom. The van der Waals surface area contributed by atoms with E-state index < -0.39 is 0 Å². The first-order valence-electron chi connectivity index (χ1n) is 6.31. The van der Waals surface area contributed by atoms with E-state index in [0.717, 1.165) is 17.8 Å². The van der Waals surface area contributed by atoms with Crippen LogP contribution in [0.25, 0.3) is 0 Å². The van der Waals surface area contributed by atoms with Crippen LogP contribution in [0.15, 0.2) is 0 Å². The fraction of sp³-hybridized carbons (Fsp3) is 0.923. The molecule has 3 aliphatic rings. The molecular formula is C13H21. The van der Waals surface area contributed by atoms with Gasteiger partial charge in [-0.15, -0.1) is 0 Å². The van der Waals surface area contributed by atoms with Crippen molar-refractivity contribution in [1.82, 2.24) is 0 Å². The highest BCUT2D eigenvalue weighted by Gasteiger charge is 2.42. The van der Waals surface area contributed by atoms with Gasteiger partial charge in [0, 0.05) is 0 Å². The van der Waals surface area contributed by atoms with E-state index in [4.69, 9.17) is 0 Å². The molecule has 0 spiro atoms. The minimum Gasteiger partial charge on any atom is -0.0530 e. The lowest BCUT2D eigenvalue weighted by Gasteiger charge is -2.42. The van der Waals surface area contributed by atoms with E-state index in [2.05, 4.69) is 0 Å². The van der Waals surface area contributed by atoms with Crippen LogP contribution < -0.4 is 0 Å². The first kappa shape index (κ1) is 8.32. The zero-order valence-electron chi connectivity index (χ0n) is 8.60.